The monoisotopic (exact) mass is 223 g/mol. The molecule has 1 aromatic heterocycles. The summed E-state index contributed by atoms with van der Waals surface area (Å²) in [5.41, 5.74) is 0.949. The van der Waals surface area contributed by atoms with Gasteiger partial charge in [0.1, 0.15) is 0 Å². The van der Waals surface area contributed by atoms with Crippen molar-refractivity contribution >= 4 is 5.95 Å². The molecule has 2 unspecified atom stereocenters. The lowest BCUT2D eigenvalue weighted by Crippen LogP contribution is -2.48. The van der Waals surface area contributed by atoms with Gasteiger partial charge in [0.15, 0.2) is 0 Å². The first kappa shape index (κ1) is 11.3. The molecule has 2 atom stereocenters. The molecule has 1 N–H and O–H groups in total. The van der Waals surface area contributed by atoms with E-state index in [2.05, 4.69) is 14.9 Å². The molecule has 1 aliphatic heterocycles. The van der Waals surface area contributed by atoms with Gasteiger partial charge in [-0.3, -0.25) is 0 Å². The lowest BCUT2D eigenvalue weighted by atomic mass is 10.2. The number of ether oxygens (including phenoxy) is 1. The van der Waals surface area contributed by atoms with Crippen molar-refractivity contribution in [3.05, 3.63) is 18.0 Å². The van der Waals surface area contributed by atoms with Gasteiger partial charge in [-0.2, -0.15) is 0 Å². The molecule has 1 aliphatic rings. The molecule has 2 rings (SSSR count). The molecular formula is C11H17N3O2. The smallest absolute Gasteiger partial charge is 0.225 e. The molecule has 0 spiro atoms. The topological polar surface area (TPSA) is 58.5 Å². The lowest BCUT2D eigenvalue weighted by Gasteiger charge is -2.36. The van der Waals surface area contributed by atoms with Gasteiger partial charge in [-0.05, 0) is 19.9 Å². The Morgan fingerprint density at radius 3 is 3.06 bits per heavy atom. The van der Waals surface area contributed by atoms with Gasteiger partial charge in [0.05, 0.1) is 18.8 Å². The van der Waals surface area contributed by atoms with Crippen LogP contribution in [0.15, 0.2) is 12.3 Å². The normalized spacial score (nSPS) is 25.8. The molecule has 5 nitrogen and oxygen atoms in total. The Kier molecular flexibility index (Phi) is 3.36. The van der Waals surface area contributed by atoms with E-state index in [0.717, 1.165) is 12.2 Å². The number of aliphatic hydroxyl groups is 1. The molecule has 1 saturated heterocycles. The van der Waals surface area contributed by atoms with Crippen molar-refractivity contribution in [1.82, 2.24) is 9.97 Å². The minimum absolute atomic E-state index is 0.0344. The van der Waals surface area contributed by atoms with Crippen molar-refractivity contribution in [3.8, 4) is 0 Å². The molecule has 88 valence electrons. The summed E-state index contributed by atoms with van der Waals surface area (Å²) >= 11 is 0. The predicted molar refractivity (Wildman–Crippen MR) is 60.4 cm³/mol. The average Bonchev–Trinajstić information content (AvgIpc) is 2.28. The number of aliphatic hydroxyl groups excluding tert-OH is 1. The third-order valence-corrected chi connectivity index (χ3v) is 2.59. The van der Waals surface area contributed by atoms with Crippen molar-refractivity contribution in [1.29, 1.82) is 0 Å². The number of aromatic nitrogens is 2. The number of hydrogen-bond acceptors (Lipinski definition) is 5. The van der Waals surface area contributed by atoms with Gasteiger partial charge in [0.2, 0.25) is 5.95 Å². The van der Waals surface area contributed by atoms with Crippen LogP contribution in [0.3, 0.4) is 0 Å². The van der Waals surface area contributed by atoms with E-state index >= 15 is 0 Å². The summed E-state index contributed by atoms with van der Waals surface area (Å²) in [7, 11) is 0. The first-order valence-electron chi connectivity index (χ1n) is 5.50. The molecule has 0 bridgehead atoms. The van der Waals surface area contributed by atoms with Crippen LogP contribution in [0.5, 0.6) is 0 Å². The second-order valence-electron chi connectivity index (χ2n) is 4.15. The summed E-state index contributed by atoms with van der Waals surface area (Å²) in [6.45, 7) is 5.38. The van der Waals surface area contributed by atoms with E-state index in [9.17, 15) is 0 Å². The summed E-state index contributed by atoms with van der Waals surface area (Å²) < 4.78 is 5.57. The van der Waals surface area contributed by atoms with Gasteiger partial charge in [-0.15, -0.1) is 0 Å². The molecule has 0 saturated carbocycles. The Hall–Kier alpha value is -1.20. The molecule has 2 heterocycles. The van der Waals surface area contributed by atoms with E-state index < -0.39 is 0 Å². The maximum atomic E-state index is 9.14. The maximum absolute atomic E-state index is 9.14. The lowest BCUT2D eigenvalue weighted by molar-refractivity contribution is -0.0425. The van der Waals surface area contributed by atoms with Gasteiger partial charge in [0.25, 0.3) is 0 Å². The highest BCUT2D eigenvalue weighted by Crippen LogP contribution is 2.16. The van der Waals surface area contributed by atoms with Gasteiger partial charge in [0, 0.05) is 25.0 Å². The summed E-state index contributed by atoms with van der Waals surface area (Å²) in [6, 6.07) is 1.87. The number of anilines is 1. The second kappa shape index (κ2) is 4.76. The summed E-state index contributed by atoms with van der Waals surface area (Å²) in [5.74, 6) is 0.716. The zero-order valence-electron chi connectivity index (χ0n) is 9.63. The third-order valence-electron chi connectivity index (χ3n) is 2.59. The van der Waals surface area contributed by atoms with E-state index in [-0.39, 0.29) is 18.8 Å². The van der Waals surface area contributed by atoms with Crippen LogP contribution < -0.4 is 4.90 Å². The molecule has 0 amide bonds. The van der Waals surface area contributed by atoms with Gasteiger partial charge >= 0.3 is 0 Å². The Morgan fingerprint density at radius 2 is 2.38 bits per heavy atom. The maximum Gasteiger partial charge on any atom is 0.225 e. The molecule has 5 heteroatoms. The largest absolute Gasteiger partial charge is 0.394 e. The summed E-state index contributed by atoms with van der Waals surface area (Å²) in [6.07, 6.45) is 1.70. The highest BCUT2D eigenvalue weighted by Gasteiger charge is 2.26. The van der Waals surface area contributed by atoms with Crippen molar-refractivity contribution < 1.29 is 9.84 Å². The van der Waals surface area contributed by atoms with Gasteiger partial charge in [-0.1, -0.05) is 0 Å². The van der Waals surface area contributed by atoms with Gasteiger partial charge in [-0.25, -0.2) is 9.97 Å². The number of aryl methyl sites for hydroxylation is 1. The number of hydrogen-bond donors (Lipinski definition) is 1. The third kappa shape index (κ3) is 2.48. The Morgan fingerprint density at radius 1 is 1.56 bits per heavy atom. The molecule has 0 aliphatic carbocycles. The van der Waals surface area contributed by atoms with Crippen LogP contribution in [0, 0.1) is 6.92 Å². The first-order valence-corrected chi connectivity index (χ1v) is 5.50. The predicted octanol–water partition coefficient (Wildman–Crippen LogP) is 0.371. The standard InChI is InChI=1S/C11H17N3O2/c1-8-3-4-12-11(13-8)14-5-9(2)16-10(6-14)7-15/h3-4,9-10,15H,5-7H2,1-2H3. The minimum atomic E-state index is -0.145. The Bertz CT molecular complexity index is 359. The van der Waals surface area contributed by atoms with Crippen LogP contribution in [0.25, 0.3) is 0 Å². The number of rotatable bonds is 2. The second-order valence-corrected chi connectivity index (χ2v) is 4.15. The van der Waals surface area contributed by atoms with Crippen LogP contribution in [0.1, 0.15) is 12.6 Å². The molecule has 0 aromatic carbocycles. The van der Waals surface area contributed by atoms with Crippen LogP contribution in [-0.4, -0.2) is 47.0 Å². The van der Waals surface area contributed by atoms with Crippen LogP contribution in [0.2, 0.25) is 0 Å². The van der Waals surface area contributed by atoms with Crippen molar-refractivity contribution in [2.24, 2.45) is 0 Å². The number of morpholine rings is 1. The van der Waals surface area contributed by atoms with Gasteiger partial charge < -0.3 is 14.7 Å². The van der Waals surface area contributed by atoms with E-state index in [0.29, 0.717) is 12.5 Å². The first-order chi connectivity index (χ1) is 7.69. The molecule has 0 radical (unpaired) electrons. The fourth-order valence-corrected chi connectivity index (χ4v) is 1.90. The summed E-state index contributed by atoms with van der Waals surface area (Å²) in [4.78, 5) is 10.7. The Balaban J connectivity index is 2.14. The average molecular weight is 223 g/mol. The zero-order chi connectivity index (χ0) is 11.5. The van der Waals surface area contributed by atoms with E-state index in [1.807, 2.05) is 19.9 Å². The highest BCUT2D eigenvalue weighted by molar-refractivity contribution is 5.31. The fraction of sp³-hybridized carbons (Fsp3) is 0.636. The molecular weight excluding hydrogens is 206 g/mol. The van der Waals surface area contributed by atoms with Crippen LogP contribution >= 0.6 is 0 Å². The van der Waals surface area contributed by atoms with Crippen molar-refractivity contribution in [2.45, 2.75) is 26.1 Å². The highest BCUT2D eigenvalue weighted by atomic mass is 16.5. The van der Waals surface area contributed by atoms with E-state index in [1.54, 1.807) is 6.20 Å². The van der Waals surface area contributed by atoms with Crippen molar-refractivity contribution in [3.63, 3.8) is 0 Å². The quantitative estimate of drug-likeness (QED) is 0.785. The zero-order valence-corrected chi connectivity index (χ0v) is 9.63. The Labute approximate surface area is 95.1 Å². The SMILES string of the molecule is Cc1ccnc(N2CC(C)OC(CO)C2)n1. The van der Waals surface area contributed by atoms with E-state index in [1.165, 1.54) is 0 Å². The van der Waals surface area contributed by atoms with Crippen molar-refractivity contribution in [2.75, 3.05) is 24.6 Å². The summed E-state index contributed by atoms with van der Waals surface area (Å²) in [5, 5.41) is 9.14. The van der Waals surface area contributed by atoms with Crippen LogP contribution in [0.4, 0.5) is 5.95 Å². The fourth-order valence-electron chi connectivity index (χ4n) is 1.90. The molecule has 1 aromatic rings. The molecule has 1 fully saturated rings. The van der Waals surface area contributed by atoms with E-state index in [4.69, 9.17) is 9.84 Å². The number of nitrogens with zero attached hydrogens (tertiary/aromatic N) is 3. The minimum Gasteiger partial charge on any atom is -0.394 e. The molecule has 16 heavy (non-hydrogen) atoms. The van der Waals surface area contributed by atoms with Crippen LogP contribution in [-0.2, 0) is 4.74 Å².